The minimum absolute atomic E-state index is 0.211. The zero-order valence-electron chi connectivity index (χ0n) is 41.7. The van der Waals surface area contributed by atoms with Gasteiger partial charge in [-0.2, -0.15) is 0 Å². The molecular formula is C44H78N10O12. The molecule has 0 spiro atoms. The van der Waals surface area contributed by atoms with Crippen molar-refractivity contribution in [3.05, 3.63) is 0 Å². The van der Waals surface area contributed by atoms with E-state index in [1.165, 1.54) is 88.0 Å². The van der Waals surface area contributed by atoms with Gasteiger partial charge in [0.15, 0.2) is 0 Å². The first-order chi connectivity index (χ1) is 30.0. The van der Waals surface area contributed by atoms with Crippen molar-refractivity contribution in [3.8, 4) is 0 Å². The third-order valence-electron chi connectivity index (χ3n) is 11.4. The fourth-order valence-corrected chi connectivity index (χ4v) is 6.79. The summed E-state index contributed by atoms with van der Waals surface area (Å²) < 4.78 is 0. The first kappa shape index (κ1) is 58.6. The Kier molecular flexibility index (Phi) is 20.8. The van der Waals surface area contributed by atoms with E-state index in [1.807, 2.05) is 0 Å². The van der Waals surface area contributed by atoms with Crippen LogP contribution in [0.1, 0.15) is 130 Å². The maximum absolute atomic E-state index is 13.8. The Labute approximate surface area is 388 Å². The molecule has 11 N–H and O–H groups in total. The summed E-state index contributed by atoms with van der Waals surface area (Å²) in [5.74, 6) is -8.18. The van der Waals surface area contributed by atoms with Gasteiger partial charge in [-0.05, 0) is 101 Å². The molecule has 0 saturated carbocycles. The van der Waals surface area contributed by atoms with Crippen molar-refractivity contribution < 1.29 is 58.2 Å². The van der Waals surface area contributed by atoms with Crippen LogP contribution in [-0.4, -0.2) is 152 Å². The van der Waals surface area contributed by atoms with Crippen LogP contribution >= 0.6 is 0 Å². The summed E-state index contributed by atoms with van der Waals surface area (Å²) in [6.07, 6.45) is 1.71. The first-order valence-corrected chi connectivity index (χ1v) is 22.3. The van der Waals surface area contributed by atoms with Gasteiger partial charge >= 0.3 is 0 Å². The Balaban J connectivity index is 3.06. The Morgan fingerprint density at radius 3 is 1.48 bits per heavy atom. The van der Waals surface area contributed by atoms with Gasteiger partial charge in [-0.25, -0.2) is 0 Å². The van der Waals surface area contributed by atoms with E-state index < -0.39 is 129 Å². The molecule has 0 unspecified atom stereocenters. The zero-order valence-corrected chi connectivity index (χ0v) is 41.7. The number of rotatable bonds is 23. The van der Waals surface area contributed by atoms with Gasteiger partial charge in [0.2, 0.25) is 59.1 Å². The molecule has 0 aromatic rings. The van der Waals surface area contributed by atoms with E-state index in [-0.39, 0.29) is 12.6 Å². The number of likely N-dealkylation sites (tertiary alicyclic amines) is 1. The molecule has 10 amide bonds. The van der Waals surface area contributed by atoms with Gasteiger partial charge in [0, 0.05) is 13.5 Å². The predicted molar refractivity (Wildman–Crippen MR) is 243 cm³/mol. The van der Waals surface area contributed by atoms with Crippen molar-refractivity contribution in [2.75, 3.05) is 19.8 Å². The van der Waals surface area contributed by atoms with Crippen LogP contribution in [-0.2, 0) is 47.9 Å². The van der Waals surface area contributed by atoms with Crippen LogP contribution in [0.3, 0.4) is 0 Å². The van der Waals surface area contributed by atoms with Crippen LogP contribution < -0.4 is 47.9 Å². The molecule has 0 aliphatic carbocycles. The third kappa shape index (κ3) is 16.2. The van der Waals surface area contributed by atoms with Gasteiger partial charge in [0.25, 0.3) is 0 Å². The zero-order chi connectivity index (χ0) is 51.5. The molecule has 1 aliphatic rings. The van der Waals surface area contributed by atoms with Gasteiger partial charge in [0.05, 0.1) is 19.3 Å². The van der Waals surface area contributed by atoms with E-state index in [0.29, 0.717) is 25.8 Å². The van der Waals surface area contributed by atoms with Crippen LogP contribution in [0.5, 0.6) is 0 Å². The summed E-state index contributed by atoms with van der Waals surface area (Å²) in [6.45, 7) is 22.9. The minimum Gasteiger partial charge on any atom is -0.394 e. The molecule has 0 aromatic heterocycles. The average molecular weight is 939 g/mol. The van der Waals surface area contributed by atoms with Crippen LogP contribution in [0.2, 0.25) is 0 Å². The third-order valence-corrected chi connectivity index (χ3v) is 11.4. The first-order valence-electron chi connectivity index (χ1n) is 22.3. The number of hydrogen-bond acceptors (Lipinski definition) is 12. The van der Waals surface area contributed by atoms with Crippen molar-refractivity contribution in [2.45, 2.75) is 188 Å². The second-order valence-electron chi connectivity index (χ2n) is 20.2. The second-order valence-corrected chi connectivity index (χ2v) is 20.2. The number of nitrogens with zero attached hydrogens (tertiary/aromatic N) is 1. The van der Waals surface area contributed by atoms with E-state index in [1.54, 1.807) is 27.7 Å². The van der Waals surface area contributed by atoms with Gasteiger partial charge in [0.1, 0.15) is 51.9 Å². The number of aliphatic hydroxyl groups excluding tert-OH is 2. The lowest BCUT2D eigenvalue weighted by Gasteiger charge is -2.35. The molecule has 1 aliphatic heterocycles. The highest BCUT2D eigenvalue weighted by Gasteiger charge is 2.43. The fraction of sp³-hybridized carbons (Fsp3) is 0.773. The highest BCUT2D eigenvalue weighted by Crippen LogP contribution is 2.21. The number of nitrogens with one attached hydrogen (secondary N) is 9. The lowest BCUT2D eigenvalue weighted by molar-refractivity contribution is -0.142. The summed E-state index contributed by atoms with van der Waals surface area (Å²) >= 11 is 0. The van der Waals surface area contributed by atoms with Crippen LogP contribution in [0, 0.1) is 11.8 Å². The molecule has 0 aromatic carbocycles. The summed E-state index contributed by atoms with van der Waals surface area (Å²) in [5, 5.41) is 42.8. The lowest BCUT2D eigenvalue weighted by atomic mass is 9.94. The van der Waals surface area contributed by atoms with Crippen LogP contribution in [0.25, 0.3) is 0 Å². The molecule has 1 saturated heterocycles. The van der Waals surface area contributed by atoms with Gasteiger partial charge < -0.3 is 63.0 Å². The molecule has 1 fully saturated rings. The molecule has 0 radical (unpaired) electrons. The summed E-state index contributed by atoms with van der Waals surface area (Å²) in [5.41, 5.74) is -7.66. The number of aliphatic hydroxyl groups is 2. The molecule has 6 atom stereocenters. The summed E-state index contributed by atoms with van der Waals surface area (Å²) in [7, 11) is 0. The lowest BCUT2D eigenvalue weighted by Crippen LogP contribution is -2.66. The largest absolute Gasteiger partial charge is 0.394 e. The quantitative estimate of drug-likeness (QED) is 0.0537. The Bertz CT molecular complexity index is 1830. The van der Waals surface area contributed by atoms with Gasteiger partial charge in [-0.3, -0.25) is 47.9 Å². The number of carbonyl (C=O) groups excluding carboxylic acids is 10. The van der Waals surface area contributed by atoms with Crippen LogP contribution in [0.4, 0.5) is 0 Å². The highest BCUT2D eigenvalue weighted by atomic mass is 16.3. The molecule has 22 nitrogen and oxygen atoms in total. The van der Waals surface area contributed by atoms with E-state index in [0.717, 1.165) is 0 Å². The topological polar surface area (TPSA) is 323 Å². The fourth-order valence-electron chi connectivity index (χ4n) is 6.79. The van der Waals surface area contributed by atoms with Crippen molar-refractivity contribution in [3.63, 3.8) is 0 Å². The predicted octanol–water partition coefficient (Wildman–Crippen LogP) is -1.88. The van der Waals surface area contributed by atoms with E-state index >= 15 is 0 Å². The number of carbonyl (C=O) groups is 10. The van der Waals surface area contributed by atoms with Crippen LogP contribution in [0.15, 0.2) is 0 Å². The SMILES string of the molecule is CC[C@H](C)[C@H](NC(=O)C(C)(C)NC(=O)[C@@H](NC(=O)C(C)(C)NC(=O)C(C)(C)NC(C)=O)C(C)C)C(=O)N[C@@H](CO)C(=O)NC(C)(C)C(=O)N[C@@H](C)C(=O)NC(C)(C)C(=O)N1CCC[C@H]1CO. The standard InChI is InChI=1S/C44H78N10O12/c1-17-24(4)30(48-36(63)41(9,10)52-34(61)29(23(2)3)47-37(64)42(11,12)53-38(65)43(13,14)49-26(6)57)33(60)46-28(22-56)32(59)51-40(7,8)35(62)45-25(5)31(58)50-44(15,16)39(66)54-20-18-19-27(54)21-55/h23-25,27-30,55-56H,17-22H2,1-16H3,(H,45,62)(H,46,60)(H,47,64)(H,48,63)(H,49,57)(H,50,58)(H,51,59)(H,52,61)(H,53,65)/t24-,25-,27-,28-,29-,30-/m0/s1. The smallest absolute Gasteiger partial charge is 0.248 e. The van der Waals surface area contributed by atoms with Crippen molar-refractivity contribution in [2.24, 2.45) is 11.8 Å². The van der Waals surface area contributed by atoms with Gasteiger partial charge in [-0.1, -0.05) is 34.1 Å². The normalized spacial score (nSPS) is 16.9. The number of hydrogen-bond donors (Lipinski definition) is 11. The maximum Gasteiger partial charge on any atom is 0.248 e. The van der Waals surface area contributed by atoms with E-state index in [9.17, 15) is 58.2 Å². The number of amides is 10. The Morgan fingerprint density at radius 2 is 1.02 bits per heavy atom. The second kappa shape index (κ2) is 23.4. The Hall–Kier alpha value is -5.38. The molecule has 1 rings (SSSR count). The average Bonchev–Trinajstić information content (AvgIpc) is 3.67. The summed E-state index contributed by atoms with van der Waals surface area (Å²) in [4.78, 5) is 134. The summed E-state index contributed by atoms with van der Waals surface area (Å²) in [6, 6.07) is -5.63. The maximum atomic E-state index is 13.8. The van der Waals surface area contributed by atoms with Crippen molar-refractivity contribution >= 4 is 59.1 Å². The molecule has 22 heteroatoms. The van der Waals surface area contributed by atoms with E-state index in [2.05, 4.69) is 47.9 Å². The van der Waals surface area contributed by atoms with Gasteiger partial charge in [-0.15, -0.1) is 0 Å². The monoisotopic (exact) mass is 939 g/mol. The van der Waals surface area contributed by atoms with E-state index in [4.69, 9.17) is 0 Å². The van der Waals surface area contributed by atoms with Crippen molar-refractivity contribution in [1.82, 2.24) is 52.8 Å². The minimum atomic E-state index is -1.70. The molecule has 66 heavy (non-hydrogen) atoms. The molecule has 376 valence electrons. The highest BCUT2D eigenvalue weighted by molar-refractivity contribution is 6.01. The molecule has 0 bridgehead atoms. The van der Waals surface area contributed by atoms with Crippen molar-refractivity contribution in [1.29, 1.82) is 0 Å². The Morgan fingerprint density at radius 1 is 0.561 bits per heavy atom. The molecule has 1 heterocycles. The molecular weight excluding hydrogens is 861 g/mol.